The maximum atomic E-state index is 12.1. The van der Waals surface area contributed by atoms with Crippen molar-refractivity contribution >= 4 is 16.7 Å². The summed E-state index contributed by atoms with van der Waals surface area (Å²) in [6.45, 7) is 2.41. The molecule has 0 amide bonds. The van der Waals surface area contributed by atoms with Crippen molar-refractivity contribution in [2.75, 3.05) is 0 Å². The van der Waals surface area contributed by atoms with Crippen LogP contribution in [0.25, 0.3) is 16.7 Å². The summed E-state index contributed by atoms with van der Waals surface area (Å²) in [4.78, 5) is 28.6. The van der Waals surface area contributed by atoms with Crippen LogP contribution in [0.2, 0.25) is 0 Å². The number of nitrogens with zero attached hydrogens (tertiary/aromatic N) is 7. The van der Waals surface area contributed by atoms with E-state index in [0.29, 0.717) is 17.1 Å². The molecule has 2 aliphatic rings. The van der Waals surface area contributed by atoms with Crippen LogP contribution in [0, 0.1) is 11.8 Å². The summed E-state index contributed by atoms with van der Waals surface area (Å²) in [6, 6.07) is 4.43. The number of allylic oxidation sites excluding steroid dienone is 2. The first-order valence-electron chi connectivity index (χ1n) is 10.9. The minimum Gasteiger partial charge on any atom is -0.338 e. The maximum Gasteiger partial charge on any atom is 0.280 e. The minimum absolute atomic E-state index is 0.187. The SMILES string of the molecule is CCCc1ccc(C2=C[C@@H]3C[C@@H]3C2)nc1.Cn1cnc2ncn(Cc3ncno3)c(=O)c21. The number of aryl methyl sites for hydroxylation is 2. The van der Waals surface area contributed by atoms with E-state index >= 15 is 0 Å². The van der Waals surface area contributed by atoms with Crippen LogP contribution in [0.15, 0.2) is 52.7 Å². The highest BCUT2D eigenvalue weighted by Gasteiger charge is 2.41. The van der Waals surface area contributed by atoms with Crippen molar-refractivity contribution in [1.29, 1.82) is 0 Å². The first-order valence-corrected chi connectivity index (χ1v) is 10.9. The Bertz CT molecular complexity index is 1300. The second kappa shape index (κ2) is 8.49. The third kappa shape index (κ3) is 4.10. The molecule has 0 N–H and O–H groups in total. The molecule has 32 heavy (non-hydrogen) atoms. The first-order chi connectivity index (χ1) is 15.6. The molecular formula is C23H25N7O2. The molecule has 2 aliphatic carbocycles. The lowest BCUT2D eigenvalue weighted by molar-refractivity contribution is 0.368. The summed E-state index contributed by atoms with van der Waals surface area (Å²) in [5, 5.41) is 3.48. The van der Waals surface area contributed by atoms with E-state index in [0.717, 1.165) is 18.3 Å². The van der Waals surface area contributed by atoms with E-state index in [2.05, 4.69) is 50.2 Å². The van der Waals surface area contributed by atoms with Crippen molar-refractivity contribution in [2.45, 2.75) is 39.2 Å². The van der Waals surface area contributed by atoms with Gasteiger partial charge in [0, 0.05) is 13.2 Å². The molecular weight excluding hydrogens is 406 g/mol. The van der Waals surface area contributed by atoms with Gasteiger partial charge in [0.15, 0.2) is 17.5 Å². The molecule has 0 spiro atoms. The van der Waals surface area contributed by atoms with Gasteiger partial charge in [-0.1, -0.05) is 30.6 Å². The smallest absolute Gasteiger partial charge is 0.280 e. The number of rotatable bonds is 5. The fraction of sp³-hybridized carbons (Fsp3) is 0.391. The van der Waals surface area contributed by atoms with Crippen molar-refractivity contribution < 1.29 is 4.52 Å². The number of fused-ring (bicyclic) bond motifs is 2. The number of hydrogen-bond donors (Lipinski definition) is 0. The molecule has 6 rings (SSSR count). The highest BCUT2D eigenvalue weighted by Crippen LogP contribution is 2.52. The Morgan fingerprint density at radius 3 is 2.72 bits per heavy atom. The van der Waals surface area contributed by atoms with Gasteiger partial charge in [-0.05, 0) is 48.3 Å². The summed E-state index contributed by atoms with van der Waals surface area (Å²) < 4.78 is 7.88. The molecule has 4 aromatic rings. The van der Waals surface area contributed by atoms with Gasteiger partial charge in [-0.15, -0.1) is 0 Å². The van der Waals surface area contributed by atoms with Crippen LogP contribution in [0.5, 0.6) is 0 Å². The van der Waals surface area contributed by atoms with E-state index in [1.165, 1.54) is 53.3 Å². The predicted molar refractivity (Wildman–Crippen MR) is 119 cm³/mol. The second-order valence-electron chi connectivity index (χ2n) is 8.40. The Hall–Kier alpha value is -3.62. The third-order valence-corrected chi connectivity index (χ3v) is 5.98. The Kier molecular flexibility index (Phi) is 5.38. The van der Waals surface area contributed by atoms with Crippen LogP contribution in [0.4, 0.5) is 0 Å². The van der Waals surface area contributed by atoms with Gasteiger partial charge < -0.3 is 9.09 Å². The van der Waals surface area contributed by atoms with Crippen LogP contribution in [0.1, 0.15) is 43.3 Å². The third-order valence-electron chi connectivity index (χ3n) is 5.98. The Balaban J connectivity index is 0.000000136. The van der Waals surface area contributed by atoms with Crippen molar-refractivity contribution in [3.8, 4) is 0 Å². The quantitative estimate of drug-likeness (QED) is 0.478. The van der Waals surface area contributed by atoms with Crippen LogP contribution >= 0.6 is 0 Å². The van der Waals surface area contributed by atoms with Crippen molar-refractivity contribution in [2.24, 2.45) is 18.9 Å². The van der Waals surface area contributed by atoms with Crippen LogP contribution in [0.3, 0.4) is 0 Å². The Morgan fingerprint density at radius 2 is 2.03 bits per heavy atom. The average Bonchev–Trinajstić information content (AvgIpc) is 3.19. The monoisotopic (exact) mass is 431 g/mol. The van der Waals surface area contributed by atoms with Crippen molar-refractivity contribution in [3.63, 3.8) is 0 Å². The van der Waals surface area contributed by atoms with Crippen molar-refractivity contribution in [1.82, 2.24) is 34.2 Å². The lowest BCUT2D eigenvalue weighted by Gasteiger charge is -2.04. The normalized spacial score (nSPS) is 18.8. The summed E-state index contributed by atoms with van der Waals surface area (Å²) >= 11 is 0. The van der Waals surface area contributed by atoms with E-state index in [9.17, 15) is 4.79 Å². The number of aromatic nitrogens is 7. The molecule has 0 aromatic carbocycles. The molecule has 1 fully saturated rings. The summed E-state index contributed by atoms with van der Waals surface area (Å²) in [5.74, 6) is 2.23. The summed E-state index contributed by atoms with van der Waals surface area (Å²) in [7, 11) is 1.75. The first kappa shape index (κ1) is 20.3. The summed E-state index contributed by atoms with van der Waals surface area (Å²) in [5.41, 5.74) is 4.76. The molecule has 9 nitrogen and oxygen atoms in total. The molecule has 0 radical (unpaired) electrons. The Morgan fingerprint density at radius 1 is 1.16 bits per heavy atom. The minimum atomic E-state index is -0.187. The maximum absolute atomic E-state index is 12.1. The lowest BCUT2D eigenvalue weighted by atomic mass is 10.1. The lowest BCUT2D eigenvalue weighted by Crippen LogP contribution is -2.22. The van der Waals surface area contributed by atoms with E-state index in [1.54, 1.807) is 17.9 Å². The molecule has 0 bridgehead atoms. The van der Waals surface area contributed by atoms with Crippen LogP contribution in [-0.4, -0.2) is 34.2 Å². The van der Waals surface area contributed by atoms with Gasteiger partial charge in [0.05, 0.1) is 12.0 Å². The van der Waals surface area contributed by atoms with Gasteiger partial charge in [0.25, 0.3) is 5.56 Å². The van der Waals surface area contributed by atoms with Gasteiger partial charge in [-0.3, -0.25) is 14.3 Å². The van der Waals surface area contributed by atoms with Gasteiger partial charge in [0.1, 0.15) is 12.9 Å². The largest absolute Gasteiger partial charge is 0.338 e. The zero-order chi connectivity index (χ0) is 22.1. The van der Waals surface area contributed by atoms with Gasteiger partial charge in [0.2, 0.25) is 5.89 Å². The number of pyridine rings is 1. The number of hydrogen-bond acceptors (Lipinski definition) is 7. The standard InChI is InChI=1S/C14H17N.C9H8N6O2/c1-2-3-10-4-5-14(15-9-10)13-7-11-6-12(11)8-13;1-14-4-11-8-7(14)9(16)15(5-12-8)2-6-10-3-13-17-6/h4-5,7,9,11-12H,2-3,6,8H2,1H3;3-5H,2H2,1H3/t11-,12+;/m0./s1. The molecule has 9 heteroatoms. The topological polar surface area (TPSA) is 105 Å². The zero-order valence-corrected chi connectivity index (χ0v) is 18.2. The highest BCUT2D eigenvalue weighted by atomic mass is 16.5. The predicted octanol–water partition coefficient (Wildman–Crippen LogP) is 3.02. The summed E-state index contributed by atoms with van der Waals surface area (Å²) in [6.07, 6.45) is 13.8. The van der Waals surface area contributed by atoms with Crippen LogP contribution < -0.4 is 5.56 Å². The van der Waals surface area contributed by atoms with Gasteiger partial charge >= 0.3 is 0 Å². The van der Waals surface area contributed by atoms with E-state index in [1.807, 2.05) is 6.20 Å². The molecule has 0 saturated heterocycles. The molecule has 2 atom stereocenters. The molecule has 164 valence electrons. The van der Waals surface area contributed by atoms with E-state index in [-0.39, 0.29) is 12.1 Å². The van der Waals surface area contributed by atoms with Gasteiger partial charge in [-0.2, -0.15) is 4.98 Å². The Labute approximate surface area is 184 Å². The van der Waals surface area contributed by atoms with Crippen molar-refractivity contribution in [3.05, 3.63) is 70.9 Å². The second-order valence-corrected chi connectivity index (χ2v) is 8.40. The fourth-order valence-electron chi connectivity index (χ4n) is 4.16. The molecule has 4 aromatic heterocycles. The van der Waals surface area contributed by atoms with Crippen LogP contribution in [-0.2, 0) is 20.0 Å². The highest BCUT2D eigenvalue weighted by molar-refractivity contribution is 5.69. The molecule has 0 aliphatic heterocycles. The zero-order valence-electron chi connectivity index (χ0n) is 18.2. The average molecular weight is 432 g/mol. The van der Waals surface area contributed by atoms with Gasteiger partial charge in [-0.25, -0.2) is 9.97 Å². The van der Waals surface area contributed by atoms with E-state index in [4.69, 9.17) is 4.52 Å². The van der Waals surface area contributed by atoms with E-state index < -0.39 is 0 Å². The number of imidazole rings is 1. The fourth-order valence-corrected chi connectivity index (χ4v) is 4.16. The molecule has 1 saturated carbocycles. The molecule has 4 heterocycles. The molecule has 0 unspecified atom stereocenters.